The maximum atomic E-state index is 10.1. The van der Waals surface area contributed by atoms with Gasteiger partial charge in [0, 0.05) is 5.39 Å². The molecule has 21 heavy (non-hydrogen) atoms. The Morgan fingerprint density at radius 1 is 0.762 bits per heavy atom. The summed E-state index contributed by atoms with van der Waals surface area (Å²) in [5, 5.41) is 11.0. The summed E-state index contributed by atoms with van der Waals surface area (Å²) in [5.41, 5.74) is 0.546. The van der Waals surface area contributed by atoms with Crippen LogP contribution in [0.25, 0.3) is 32.7 Å². The van der Waals surface area contributed by atoms with Crippen molar-refractivity contribution in [3.05, 3.63) is 78.7 Å². The van der Waals surface area contributed by atoms with E-state index in [0.717, 1.165) is 0 Å². The molecule has 0 bridgehead atoms. The molecule has 0 aliphatic carbocycles. The molecule has 4 rings (SSSR count). The summed E-state index contributed by atoms with van der Waals surface area (Å²) in [6, 6.07) is 7.26. The lowest BCUT2D eigenvalue weighted by Crippen LogP contribution is -1.82. The Hall–Kier alpha value is -2.80. The van der Waals surface area contributed by atoms with Gasteiger partial charge >= 0.3 is 0 Å². The molecule has 4 aromatic rings. The Kier molecular flexibility index (Phi) is 1.50. The van der Waals surface area contributed by atoms with E-state index in [1.807, 2.05) is 0 Å². The Bertz CT molecular complexity index is 1300. The molecule has 0 spiro atoms. The van der Waals surface area contributed by atoms with E-state index >= 15 is 0 Å². The lowest BCUT2D eigenvalue weighted by molar-refractivity contribution is 0.481. The SMILES string of the molecule is [2H]c1c([2H])c([2H])c2c([2H])c(-c3cccc4c(O)cccc34)c([2H])c([2H])c2c1[2H]. The van der Waals surface area contributed by atoms with Crippen molar-refractivity contribution < 1.29 is 14.7 Å². The molecule has 1 heteroatoms. The van der Waals surface area contributed by atoms with Crippen LogP contribution in [0.15, 0.2) is 78.7 Å². The summed E-state index contributed by atoms with van der Waals surface area (Å²) in [5.74, 6) is 0.0474. The Labute approximate surface area is 132 Å². The molecule has 0 saturated heterocycles. The minimum absolute atomic E-state index is 0.0474. The van der Waals surface area contributed by atoms with Gasteiger partial charge in [0.2, 0.25) is 0 Å². The predicted molar refractivity (Wildman–Crippen MR) is 88.6 cm³/mol. The van der Waals surface area contributed by atoms with Crippen molar-refractivity contribution in [2.45, 2.75) is 0 Å². The fourth-order valence-electron chi connectivity index (χ4n) is 2.43. The largest absolute Gasteiger partial charge is 0.507 e. The molecule has 0 unspecified atom stereocenters. The molecule has 0 aromatic heterocycles. The van der Waals surface area contributed by atoms with E-state index in [1.165, 1.54) is 6.07 Å². The van der Waals surface area contributed by atoms with Crippen LogP contribution in [0.4, 0.5) is 0 Å². The molecular formula is C20H14O. The van der Waals surface area contributed by atoms with Gasteiger partial charge in [-0.05, 0) is 39.4 Å². The average molecular weight is 277 g/mol. The number of aromatic hydroxyl groups is 1. The number of phenolic OH excluding ortho intramolecular Hbond substituents is 1. The van der Waals surface area contributed by atoms with Gasteiger partial charge in [-0.25, -0.2) is 0 Å². The molecule has 0 saturated carbocycles. The molecule has 0 heterocycles. The highest BCUT2D eigenvalue weighted by molar-refractivity contribution is 6.01. The van der Waals surface area contributed by atoms with E-state index in [1.54, 1.807) is 30.3 Å². The van der Waals surface area contributed by atoms with Gasteiger partial charge in [-0.3, -0.25) is 0 Å². The molecular weight excluding hydrogens is 256 g/mol. The van der Waals surface area contributed by atoms with Gasteiger partial charge in [-0.15, -0.1) is 0 Å². The standard InChI is InChI=1S/C20H14O/c21-20-10-4-8-18-17(7-3-9-19(18)20)16-12-11-14-5-1-2-6-15(14)13-16/h1-13,21H/i1D,2D,5D,6D,11D,12D,13D. The van der Waals surface area contributed by atoms with Gasteiger partial charge < -0.3 is 5.11 Å². The number of fused-ring (bicyclic) bond motifs is 2. The van der Waals surface area contributed by atoms with Gasteiger partial charge in [-0.1, -0.05) is 66.6 Å². The lowest BCUT2D eigenvalue weighted by Gasteiger charge is -2.09. The molecule has 1 N–H and O–H groups in total. The highest BCUT2D eigenvalue weighted by atomic mass is 16.3. The third kappa shape index (κ3) is 1.95. The maximum Gasteiger partial charge on any atom is 0.123 e. The van der Waals surface area contributed by atoms with Crippen LogP contribution in [0.3, 0.4) is 0 Å². The summed E-state index contributed by atoms with van der Waals surface area (Å²) in [6.45, 7) is 0. The minimum Gasteiger partial charge on any atom is -0.507 e. The van der Waals surface area contributed by atoms with E-state index in [4.69, 9.17) is 9.60 Å². The van der Waals surface area contributed by atoms with Crippen molar-refractivity contribution >= 4 is 21.5 Å². The second-order valence-corrected chi connectivity index (χ2v) is 4.68. The number of hydrogen-bond acceptors (Lipinski definition) is 1. The lowest BCUT2D eigenvalue weighted by atomic mass is 9.96. The highest BCUT2D eigenvalue weighted by Gasteiger charge is 2.06. The Morgan fingerprint density at radius 2 is 1.52 bits per heavy atom. The number of benzene rings is 4. The zero-order chi connectivity index (χ0) is 20.3. The molecule has 0 fully saturated rings. The maximum absolute atomic E-state index is 10.1. The fourth-order valence-corrected chi connectivity index (χ4v) is 2.43. The molecule has 4 aromatic carbocycles. The fraction of sp³-hybridized carbons (Fsp3) is 0. The van der Waals surface area contributed by atoms with Crippen molar-refractivity contribution in [2.75, 3.05) is 0 Å². The second kappa shape index (κ2) is 4.64. The topological polar surface area (TPSA) is 20.2 Å². The first-order chi connectivity index (χ1) is 13.3. The minimum atomic E-state index is -0.493. The first-order valence-electron chi connectivity index (χ1n) is 9.96. The van der Waals surface area contributed by atoms with E-state index in [0.29, 0.717) is 16.3 Å². The van der Waals surface area contributed by atoms with Gasteiger partial charge in [0.15, 0.2) is 0 Å². The third-order valence-corrected chi connectivity index (χ3v) is 3.42. The number of rotatable bonds is 1. The van der Waals surface area contributed by atoms with Crippen molar-refractivity contribution in [1.29, 1.82) is 0 Å². The normalized spacial score (nSPS) is 15.7. The smallest absolute Gasteiger partial charge is 0.123 e. The molecule has 0 aliphatic heterocycles. The van der Waals surface area contributed by atoms with Crippen LogP contribution < -0.4 is 0 Å². The van der Waals surface area contributed by atoms with Crippen molar-refractivity contribution in [2.24, 2.45) is 0 Å². The van der Waals surface area contributed by atoms with Gasteiger partial charge in [-0.2, -0.15) is 0 Å². The monoisotopic (exact) mass is 277 g/mol. The van der Waals surface area contributed by atoms with E-state index in [9.17, 15) is 5.11 Å². The van der Waals surface area contributed by atoms with Crippen LogP contribution in [0, 0.1) is 0 Å². The molecule has 1 nitrogen and oxygen atoms in total. The summed E-state index contributed by atoms with van der Waals surface area (Å²) < 4.78 is 57.5. The summed E-state index contributed by atoms with van der Waals surface area (Å²) >= 11 is 0. The van der Waals surface area contributed by atoms with Crippen LogP contribution in [0.5, 0.6) is 5.75 Å². The third-order valence-electron chi connectivity index (χ3n) is 3.42. The molecule has 100 valence electrons. The van der Waals surface area contributed by atoms with Gasteiger partial charge in [0.05, 0.1) is 9.60 Å². The zero-order valence-corrected chi connectivity index (χ0v) is 10.9. The summed E-state index contributed by atoms with van der Waals surface area (Å²) in [4.78, 5) is 0. The molecule has 0 radical (unpaired) electrons. The molecule has 0 atom stereocenters. The molecule has 0 amide bonds. The number of phenols is 1. The predicted octanol–water partition coefficient (Wildman–Crippen LogP) is 5.37. The Balaban J connectivity index is 2.24. The van der Waals surface area contributed by atoms with Gasteiger partial charge in [0.1, 0.15) is 5.75 Å². The van der Waals surface area contributed by atoms with Crippen LogP contribution in [0.1, 0.15) is 9.60 Å². The zero-order valence-electron chi connectivity index (χ0n) is 17.9. The summed E-state index contributed by atoms with van der Waals surface area (Å²) in [6.07, 6.45) is 0. The quantitative estimate of drug-likeness (QED) is 0.496. The average Bonchev–Trinajstić information content (AvgIpc) is 2.68. The first-order valence-corrected chi connectivity index (χ1v) is 6.46. The first kappa shape index (κ1) is 6.77. The van der Waals surface area contributed by atoms with E-state index in [2.05, 4.69) is 0 Å². The van der Waals surface area contributed by atoms with E-state index in [-0.39, 0.29) is 40.2 Å². The summed E-state index contributed by atoms with van der Waals surface area (Å²) in [7, 11) is 0. The molecule has 0 aliphatic rings. The second-order valence-electron chi connectivity index (χ2n) is 4.68. The van der Waals surface area contributed by atoms with Crippen LogP contribution >= 0.6 is 0 Å². The highest BCUT2D eigenvalue weighted by Crippen LogP contribution is 2.34. The van der Waals surface area contributed by atoms with E-state index < -0.39 is 24.2 Å². The van der Waals surface area contributed by atoms with Gasteiger partial charge in [0.25, 0.3) is 0 Å². The number of hydrogen-bond donors (Lipinski definition) is 1. The van der Waals surface area contributed by atoms with Crippen LogP contribution in [-0.2, 0) is 0 Å². The Morgan fingerprint density at radius 3 is 2.43 bits per heavy atom. The van der Waals surface area contributed by atoms with Crippen LogP contribution in [0.2, 0.25) is 0 Å². The van der Waals surface area contributed by atoms with Crippen molar-refractivity contribution in [1.82, 2.24) is 0 Å². The van der Waals surface area contributed by atoms with Crippen molar-refractivity contribution in [3.8, 4) is 16.9 Å². The van der Waals surface area contributed by atoms with Crippen LogP contribution in [-0.4, -0.2) is 5.11 Å². The van der Waals surface area contributed by atoms with Crippen molar-refractivity contribution in [3.63, 3.8) is 0 Å².